The van der Waals surface area contributed by atoms with Crippen LogP contribution in [0.4, 0.5) is 5.69 Å². The van der Waals surface area contributed by atoms with Crippen LogP contribution in [0, 0.1) is 6.92 Å². The standard InChI is InChI=1S/C21H17BrClNO2/c1-13-9-17(20(25)18(22)10-13)21(26)24-19-12-16(23)8-7-15(19)11-14-5-3-2-4-6-14/h2-10,12,25H,11H2,1H3,(H,24,26). The zero-order valence-electron chi connectivity index (χ0n) is 14.1. The first-order chi connectivity index (χ1) is 12.4. The number of aryl methyl sites for hydroxylation is 1. The zero-order chi connectivity index (χ0) is 18.7. The van der Waals surface area contributed by atoms with Gasteiger partial charge in [0.2, 0.25) is 0 Å². The van der Waals surface area contributed by atoms with E-state index in [1.54, 1.807) is 24.3 Å². The second-order valence-corrected chi connectivity index (χ2v) is 7.35. The Labute approximate surface area is 165 Å². The third kappa shape index (κ3) is 4.26. The number of anilines is 1. The van der Waals surface area contributed by atoms with Gasteiger partial charge in [0.1, 0.15) is 5.75 Å². The fourth-order valence-corrected chi connectivity index (χ4v) is 3.48. The molecule has 2 N–H and O–H groups in total. The van der Waals surface area contributed by atoms with Crippen LogP contribution < -0.4 is 5.32 Å². The van der Waals surface area contributed by atoms with Gasteiger partial charge >= 0.3 is 0 Å². The first-order valence-corrected chi connectivity index (χ1v) is 9.24. The maximum absolute atomic E-state index is 12.7. The number of hydrogen-bond acceptors (Lipinski definition) is 2. The lowest BCUT2D eigenvalue weighted by Crippen LogP contribution is -2.14. The molecular weight excluding hydrogens is 414 g/mol. The van der Waals surface area contributed by atoms with E-state index in [1.807, 2.05) is 43.3 Å². The quantitative estimate of drug-likeness (QED) is 0.536. The van der Waals surface area contributed by atoms with Gasteiger partial charge < -0.3 is 10.4 Å². The van der Waals surface area contributed by atoms with Crippen molar-refractivity contribution in [1.29, 1.82) is 0 Å². The molecule has 3 nitrogen and oxygen atoms in total. The lowest BCUT2D eigenvalue weighted by atomic mass is 10.0. The lowest BCUT2D eigenvalue weighted by Gasteiger charge is -2.13. The number of halogens is 2. The molecule has 26 heavy (non-hydrogen) atoms. The van der Waals surface area contributed by atoms with Crippen LogP contribution in [0.15, 0.2) is 65.1 Å². The van der Waals surface area contributed by atoms with Crippen LogP contribution in [0.25, 0.3) is 0 Å². The Morgan fingerprint density at radius 2 is 1.85 bits per heavy atom. The van der Waals surface area contributed by atoms with Crippen LogP contribution in [0.5, 0.6) is 5.75 Å². The molecule has 0 aromatic heterocycles. The topological polar surface area (TPSA) is 49.3 Å². The fraction of sp³-hybridized carbons (Fsp3) is 0.0952. The summed E-state index contributed by atoms with van der Waals surface area (Å²) in [7, 11) is 0. The van der Waals surface area contributed by atoms with Crippen LogP contribution in [0.1, 0.15) is 27.0 Å². The molecule has 0 saturated heterocycles. The molecule has 0 radical (unpaired) electrons. The number of phenolic OH excluding ortho intramolecular Hbond substituents is 1. The monoisotopic (exact) mass is 429 g/mol. The van der Waals surface area contributed by atoms with E-state index in [0.29, 0.717) is 21.6 Å². The number of amides is 1. The van der Waals surface area contributed by atoms with Gasteiger partial charge in [0.15, 0.2) is 0 Å². The molecule has 0 aliphatic rings. The number of benzene rings is 3. The summed E-state index contributed by atoms with van der Waals surface area (Å²) in [5.74, 6) is -0.469. The Hall–Kier alpha value is -2.30. The van der Waals surface area contributed by atoms with Gasteiger partial charge in [0.05, 0.1) is 10.0 Å². The molecule has 132 valence electrons. The Bertz CT molecular complexity index is 958. The van der Waals surface area contributed by atoms with Crippen molar-refractivity contribution in [2.75, 3.05) is 5.32 Å². The molecule has 1 amide bonds. The van der Waals surface area contributed by atoms with E-state index in [-0.39, 0.29) is 17.2 Å². The average molecular weight is 431 g/mol. The summed E-state index contributed by atoms with van der Waals surface area (Å²) in [6.45, 7) is 1.86. The third-order valence-corrected chi connectivity index (χ3v) is 4.85. The number of carbonyl (C=O) groups is 1. The highest BCUT2D eigenvalue weighted by molar-refractivity contribution is 9.10. The third-order valence-electron chi connectivity index (χ3n) is 4.01. The minimum Gasteiger partial charge on any atom is -0.506 e. The molecule has 0 unspecified atom stereocenters. The molecule has 5 heteroatoms. The molecule has 3 aromatic carbocycles. The van der Waals surface area contributed by atoms with Gasteiger partial charge in [0.25, 0.3) is 5.91 Å². The van der Waals surface area contributed by atoms with Crippen molar-refractivity contribution in [3.05, 3.63) is 92.4 Å². The van der Waals surface area contributed by atoms with Crippen molar-refractivity contribution in [3.63, 3.8) is 0 Å². The highest BCUT2D eigenvalue weighted by atomic mass is 79.9. The Morgan fingerprint density at radius 1 is 1.12 bits per heavy atom. The van der Waals surface area contributed by atoms with E-state index in [4.69, 9.17) is 11.6 Å². The van der Waals surface area contributed by atoms with Crippen molar-refractivity contribution in [3.8, 4) is 5.75 Å². The summed E-state index contributed by atoms with van der Waals surface area (Å²) in [5, 5.41) is 13.6. The lowest BCUT2D eigenvalue weighted by molar-refractivity contribution is 0.102. The normalized spacial score (nSPS) is 10.6. The number of hydrogen-bond donors (Lipinski definition) is 2. The van der Waals surface area contributed by atoms with Gasteiger partial charge in [-0.1, -0.05) is 48.0 Å². The minimum absolute atomic E-state index is 0.0836. The first kappa shape index (κ1) is 18.5. The maximum atomic E-state index is 12.7. The Kier molecular flexibility index (Phi) is 5.64. The van der Waals surface area contributed by atoms with Crippen LogP contribution in [0.3, 0.4) is 0 Å². The van der Waals surface area contributed by atoms with E-state index >= 15 is 0 Å². The number of nitrogens with one attached hydrogen (secondary N) is 1. The molecule has 3 aromatic rings. The number of carbonyl (C=O) groups excluding carboxylic acids is 1. The molecule has 0 atom stereocenters. The second-order valence-electron chi connectivity index (χ2n) is 6.06. The van der Waals surface area contributed by atoms with Crippen LogP contribution in [-0.4, -0.2) is 11.0 Å². The molecule has 0 saturated carbocycles. The fourth-order valence-electron chi connectivity index (χ4n) is 2.73. The highest BCUT2D eigenvalue weighted by Gasteiger charge is 2.16. The van der Waals surface area contributed by atoms with E-state index in [0.717, 1.165) is 16.7 Å². The van der Waals surface area contributed by atoms with Gasteiger partial charge in [-0.05, 0) is 70.2 Å². The van der Waals surface area contributed by atoms with Crippen molar-refractivity contribution in [1.82, 2.24) is 0 Å². The predicted molar refractivity (Wildman–Crippen MR) is 109 cm³/mol. The molecule has 0 aliphatic heterocycles. The smallest absolute Gasteiger partial charge is 0.259 e. The van der Waals surface area contributed by atoms with E-state index in [9.17, 15) is 9.90 Å². The van der Waals surface area contributed by atoms with Gasteiger partial charge in [-0.3, -0.25) is 4.79 Å². The molecule has 0 spiro atoms. The van der Waals surface area contributed by atoms with Crippen molar-refractivity contribution in [2.45, 2.75) is 13.3 Å². The van der Waals surface area contributed by atoms with E-state index in [2.05, 4.69) is 21.2 Å². The first-order valence-electron chi connectivity index (χ1n) is 8.07. The summed E-state index contributed by atoms with van der Waals surface area (Å²) in [4.78, 5) is 12.7. The molecule has 3 rings (SSSR count). The van der Waals surface area contributed by atoms with Gasteiger partial charge in [-0.15, -0.1) is 0 Å². The van der Waals surface area contributed by atoms with Crippen LogP contribution in [0.2, 0.25) is 5.02 Å². The van der Waals surface area contributed by atoms with E-state index < -0.39 is 0 Å². The summed E-state index contributed by atoms with van der Waals surface area (Å²) in [6, 6.07) is 18.8. The van der Waals surface area contributed by atoms with Gasteiger partial charge in [0, 0.05) is 10.7 Å². The largest absolute Gasteiger partial charge is 0.506 e. The number of aromatic hydroxyl groups is 1. The van der Waals surface area contributed by atoms with Crippen molar-refractivity contribution >= 4 is 39.1 Å². The molecule has 0 bridgehead atoms. The summed E-state index contributed by atoms with van der Waals surface area (Å²) < 4.78 is 0.484. The average Bonchev–Trinajstić information content (AvgIpc) is 2.61. The van der Waals surface area contributed by atoms with Gasteiger partial charge in [-0.25, -0.2) is 0 Å². The molecule has 0 aliphatic carbocycles. The van der Waals surface area contributed by atoms with Crippen molar-refractivity contribution < 1.29 is 9.90 Å². The number of rotatable bonds is 4. The minimum atomic E-state index is -0.386. The summed E-state index contributed by atoms with van der Waals surface area (Å²) >= 11 is 9.39. The van der Waals surface area contributed by atoms with Crippen LogP contribution >= 0.6 is 27.5 Å². The summed E-state index contributed by atoms with van der Waals surface area (Å²) in [5.41, 5.74) is 3.79. The molecular formula is C21H17BrClNO2. The maximum Gasteiger partial charge on any atom is 0.259 e. The van der Waals surface area contributed by atoms with Crippen molar-refractivity contribution in [2.24, 2.45) is 0 Å². The van der Waals surface area contributed by atoms with E-state index in [1.165, 1.54) is 0 Å². The Morgan fingerprint density at radius 3 is 2.58 bits per heavy atom. The molecule has 0 fully saturated rings. The number of phenols is 1. The SMILES string of the molecule is Cc1cc(Br)c(O)c(C(=O)Nc2cc(Cl)ccc2Cc2ccccc2)c1. The molecule has 0 heterocycles. The highest BCUT2D eigenvalue weighted by Crippen LogP contribution is 2.31. The predicted octanol–water partition coefficient (Wildman–Crippen LogP) is 5.96. The van der Waals surface area contributed by atoms with Gasteiger partial charge in [-0.2, -0.15) is 0 Å². The zero-order valence-corrected chi connectivity index (χ0v) is 16.4. The summed E-state index contributed by atoms with van der Waals surface area (Å²) in [6.07, 6.45) is 0.664. The second kappa shape index (κ2) is 7.94. The van der Waals surface area contributed by atoms with Crippen LogP contribution in [-0.2, 0) is 6.42 Å². The Balaban J connectivity index is 1.92.